The second kappa shape index (κ2) is 7.43. The van der Waals surface area contributed by atoms with E-state index in [1.807, 2.05) is 41.1 Å². The number of nitrogens with zero attached hydrogens (tertiary/aromatic N) is 6. The van der Waals surface area contributed by atoms with Gasteiger partial charge in [0.05, 0.1) is 24.5 Å². The van der Waals surface area contributed by atoms with Crippen LogP contribution in [0, 0.1) is 0 Å². The lowest BCUT2D eigenvalue weighted by Gasteiger charge is -2.16. The van der Waals surface area contributed by atoms with Crippen molar-refractivity contribution < 1.29 is 9.18 Å². The molecule has 0 saturated carbocycles. The maximum atomic E-state index is 13.4. The maximum absolute atomic E-state index is 13.4. The molecule has 4 rings (SSSR count). The summed E-state index contributed by atoms with van der Waals surface area (Å²) in [5.41, 5.74) is 2.27. The van der Waals surface area contributed by atoms with Crippen LogP contribution in [0.3, 0.4) is 0 Å². The topological polar surface area (TPSA) is 67.2 Å². The van der Waals surface area contributed by atoms with Gasteiger partial charge in [-0.3, -0.25) is 4.79 Å². The molecule has 1 atom stereocenters. The van der Waals surface area contributed by atoms with Crippen LogP contribution in [-0.4, -0.2) is 51.9 Å². The molecular formula is C18H19FN6OS. The fraction of sp³-hybridized carbons (Fsp3) is 0.333. The molecule has 1 saturated heterocycles. The standard InChI is InChI=1S/C18H19FN6OS/c1-23(18-4-6-21-27-18)11-15-8-16(22-25(15)12-26)13-2-3-17(20-9-13)24-7-5-14(19)10-24/h2-4,6,8-9,12,14H,5,7,10-11H2,1H3. The van der Waals surface area contributed by atoms with Crippen molar-refractivity contribution in [2.75, 3.05) is 29.9 Å². The summed E-state index contributed by atoms with van der Waals surface area (Å²) in [7, 11) is 1.94. The van der Waals surface area contributed by atoms with Crippen LogP contribution in [0.25, 0.3) is 11.3 Å². The number of anilines is 2. The van der Waals surface area contributed by atoms with Crippen LogP contribution in [0.5, 0.6) is 0 Å². The summed E-state index contributed by atoms with van der Waals surface area (Å²) < 4.78 is 18.8. The number of hydrogen-bond acceptors (Lipinski definition) is 7. The summed E-state index contributed by atoms with van der Waals surface area (Å²) in [4.78, 5) is 19.8. The Hall–Kier alpha value is -2.81. The van der Waals surface area contributed by atoms with Crippen molar-refractivity contribution in [3.63, 3.8) is 0 Å². The van der Waals surface area contributed by atoms with Gasteiger partial charge in [0.2, 0.25) is 6.41 Å². The average Bonchev–Trinajstić information content (AvgIpc) is 3.42. The van der Waals surface area contributed by atoms with E-state index in [9.17, 15) is 9.18 Å². The third-order valence-corrected chi connectivity index (χ3v) is 5.47. The number of carbonyl (C=O) groups excluding carboxylic acids is 1. The Bertz CT molecular complexity index is 911. The summed E-state index contributed by atoms with van der Waals surface area (Å²) in [6.07, 6.45) is 3.93. The molecule has 0 spiro atoms. The van der Waals surface area contributed by atoms with E-state index in [1.165, 1.54) is 16.2 Å². The Morgan fingerprint density at radius 3 is 2.93 bits per heavy atom. The summed E-state index contributed by atoms with van der Waals surface area (Å²) in [5, 5.41) is 5.38. The Balaban J connectivity index is 1.53. The number of carbonyl (C=O) groups is 1. The Labute approximate surface area is 160 Å². The first-order chi connectivity index (χ1) is 13.1. The van der Waals surface area contributed by atoms with Gasteiger partial charge in [-0.25, -0.2) is 14.1 Å². The molecule has 1 unspecified atom stereocenters. The molecule has 3 aromatic heterocycles. The number of pyridine rings is 1. The predicted molar refractivity (Wildman–Crippen MR) is 104 cm³/mol. The predicted octanol–water partition coefficient (Wildman–Crippen LogP) is 2.62. The molecule has 0 aliphatic carbocycles. The molecule has 140 valence electrons. The highest BCUT2D eigenvalue weighted by Crippen LogP contribution is 2.25. The molecule has 1 aliphatic heterocycles. The molecule has 4 heterocycles. The first-order valence-electron chi connectivity index (χ1n) is 8.65. The monoisotopic (exact) mass is 386 g/mol. The lowest BCUT2D eigenvalue weighted by Crippen LogP contribution is -2.20. The van der Waals surface area contributed by atoms with Crippen LogP contribution in [0.2, 0.25) is 0 Å². The highest BCUT2D eigenvalue weighted by molar-refractivity contribution is 7.10. The lowest BCUT2D eigenvalue weighted by molar-refractivity contribution is 0.364. The molecule has 9 heteroatoms. The summed E-state index contributed by atoms with van der Waals surface area (Å²) >= 11 is 1.40. The number of rotatable bonds is 6. The second-order valence-electron chi connectivity index (χ2n) is 6.51. The molecule has 0 bridgehead atoms. The van der Waals surface area contributed by atoms with Gasteiger partial charge in [0.15, 0.2) is 0 Å². The van der Waals surface area contributed by atoms with Gasteiger partial charge in [-0.2, -0.15) is 9.47 Å². The fourth-order valence-electron chi connectivity index (χ4n) is 3.16. The van der Waals surface area contributed by atoms with Gasteiger partial charge >= 0.3 is 0 Å². The van der Waals surface area contributed by atoms with Crippen LogP contribution in [0.1, 0.15) is 12.1 Å². The van der Waals surface area contributed by atoms with Crippen molar-refractivity contribution >= 4 is 28.8 Å². The lowest BCUT2D eigenvalue weighted by atomic mass is 10.2. The molecule has 0 radical (unpaired) electrons. The number of aromatic nitrogens is 4. The summed E-state index contributed by atoms with van der Waals surface area (Å²) in [5.74, 6) is 0.763. The molecule has 7 nitrogen and oxygen atoms in total. The first kappa shape index (κ1) is 17.6. The molecule has 0 N–H and O–H groups in total. The third kappa shape index (κ3) is 3.68. The van der Waals surface area contributed by atoms with Crippen LogP contribution in [-0.2, 0) is 11.3 Å². The van der Waals surface area contributed by atoms with E-state index >= 15 is 0 Å². The van der Waals surface area contributed by atoms with Crippen LogP contribution < -0.4 is 9.80 Å². The highest BCUT2D eigenvalue weighted by Gasteiger charge is 2.22. The molecule has 3 aromatic rings. The van der Waals surface area contributed by atoms with Gasteiger partial charge in [0.25, 0.3) is 0 Å². The van der Waals surface area contributed by atoms with Crippen molar-refractivity contribution in [2.24, 2.45) is 0 Å². The van der Waals surface area contributed by atoms with E-state index in [1.54, 1.807) is 12.4 Å². The highest BCUT2D eigenvalue weighted by atomic mass is 32.1. The van der Waals surface area contributed by atoms with E-state index < -0.39 is 6.17 Å². The maximum Gasteiger partial charge on any atom is 0.234 e. The van der Waals surface area contributed by atoms with Gasteiger partial charge in [0, 0.05) is 31.5 Å². The van der Waals surface area contributed by atoms with E-state index in [0.717, 1.165) is 22.1 Å². The van der Waals surface area contributed by atoms with Crippen molar-refractivity contribution in [1.82, 2.24) is 19.1 Å². The molecular weight excluding hydrogens is 367 g/mol. The molecule has 0 aromatic carbocycles. The zero-order chi connectivity index (χ0) is 18.8. The largest absolute Gasteiger partial charge is 0.359 e. The van der Waals surface area contributed by atoms with E-state index in [0.29, 0.717) is 38.2 Å². The minimum Gasteiger partial charge on any atom is -0.359 e. The molecule has 27 heavy (non-hydrogen) atoms. The number of hydrogen-bond donors (Lipinski definition) is 0. The molecule has 1 aliphatic rings. The number of alkyl halides is 1. The SMILES string of the molecule is CN(Cc1cc(-c2ccc(N3CCC(F)C3)nc2)nn1C=O)c1ccns1. The van der Waals surface area contributed by atoms with Crippen LogP contribution >= 0.6 is 11.5 Å². The average molecular weight is 386 g/mol. The molecule has 1 fully saturated rings. The van der Waals surface area contributed by atoms with Gasteiger partial charge in [-0.05, 0) is 42.2 Å². The van der Waals surface area contributed by atoms with Crippen LogP contribution in [0.4, 0.5) is 15.2 Å². The zero-order valence-electron chi connectivity index (χ0n) is 14.8. The van der Waals surface area contributed by atoms with Crippen molar-refractivity contribution in [2.45, 2.75) is 19.1 Å². The number of halogens is 1. The van der Waals surface area contributed by atoms with Crippen molar-refractivity contribution in [3.05, 3.63) is 42.4 Å². The third-order valence-electron chi connectivity index (χ3n) is 4.61. The Morgan fingerprint density at radius 2 is 2.30 bits per heavy atom. The van der Waals surface area contributed by atoms with Crippen molar-refractivity contribution in [3.8, 4) is 11.3 Å². The van der Waals surface area contributed by atoms with E-state index in [-0.39, 0.29) is 0 Å². The normalized spacial score (nSPS) is 16.7. The fourth-order valence-corrected chi connectivity index (χ4v) is 3.72. The minimum atomic E-state index is -0.784. The van der Waals surface area contributed by atoms with E-state index in [4.69, 9.17) is 0 Å². The van der Waals surface area contributed by atoms with Crippen LogP contribution in [0.15, 0.2) is 36.7 Å². The smallest absolute Gasteiger partial charge is 0.234 e. The van der Waals surface area contributed by atoms with Crippen molar-refractivity contribution in [1.29, 1.82) is 0 Å². The Morgan fingerprint density at radius 1 is 1.41 bits per heavy atom. The quantitative estimate of drug-likeness (QED) is 0.607. The molecule has 0 amide bonds. The van der Waals surface area contributed by atoms with Gasteiger partial charge < -0.3 is 9.80 Å². The Kier molecular flexibility index (Phi) is 4.85. The van der Waals surface area contributed by atoms with Gasteiger partial charge in [-0.15, -0.1) is 0 Å². The van der Waals surface area contributed by atoms with Gasteiger partial charge in [-0.1, -0.05) is 0 Å². The van der Waals surface area contributed by atoms with E-state index in [2.05, 4.69) is 14.5 Å². The van der Waals surface area contributed by atoms with Gasteiger partial charge in [0.1, 0.15) is 17.0 Å². The first-order valence-corrected chi connectivity index (χ1v) is 9.42. The minimum absolute atomic E-state index is 0.389. The summed E-state index contributed by atoms with van der Waals surface area (Å²) in [6.45, 7) is 1.60. The second-order valence-corrected chi connectivity index (χ2v) is 7.33. The summed E-state index contributed by atoms with van der Waals surface area (Å²) in [6, 6.07) is 7.59. The zero-order valence-corrected chi connectivity index (χ0v) is 15.6.